The molecule has 0 bridgehead atoms. The van der Waals surface area contributed by atoms with Crippen molar-refractivity contribution in [3.8, 4) is 0 Å². The van der Waals surface area contributed by atoms with E-state index in [-0.39, 0.29) is 5.91 Å². The quantitative estimate of drug-likeness (QED) is 0.814. The van der Waals surface area contributed by atoms with Gasteiger partial charge in [-0.2, -0.15) is 0 Å². The molecule has 0 aromatic heterocycles. The van der Waals surface area contributed by atoms with Gasteiger partial charge in [0.15, 0.2) is 0 Å². The van der Waals surface area contributed by atoms with E-state index in [1.807, 2.05) is 24.3 Å². The van der Waals surface area contributed by atoms with Gasteiger partial charge in [-0.1, -0.05) is 28.1 Å². The number of nitrogens with one attached hydrogen (secondary N) is 1. The number of hydrogen-bond donors (Lipinski definition) is 2. The number of anilines is 1. The lowest BCUT2D eigenvalue weighted by Gasteiger charge is -2.30. The van der Waals surface area contributed by atoms with Crippen LogP contribution >= 0.6 is 28.1 Å². The van der Waals surface area contributed by atoms with Crippen molar-refractivity contribution in [3.05, 3.63) is 28.7 Å². The molecule has 1 fully saturated rings. The molecule has 1 aliphatic rings. The summed E-state index contributed by atoms with van der Waals surface area (Å²) < 4.78 is 0.996. The van der Waals surface area contributed by atoms with E-state index in [1.165, 1.54) is 0 Å². The van der Waals surface area contributed by atoms with Crippen LogP contribution in [-0.4, -0.2) is 35.4 Å². The predicted octanol–water partition coefficient (Wildman–Crippen LogP) is 2.39. The first kappa shape index (κ1) is 15.4. The molecule has 1 saturated heterocycles. The van der Waals surface area contributed by atoms with Crippen LogP contribution in [-0.2, 0) is 4.79 Å². The number of carbonyl (C=O) groups is 1. The van der Waals surface area contributed by atoms with E-state index in [9.17, 15) is 4.79 Å². The molecule has 1 amide bonds. The monoisotopic (exact) mass is 355 g/mol. The van der Waals surface area contributed by atoms with Gasteiger partial charge in [0.25, 0.3) is 0 Å². The molecule has 0 aliphatic carbocycles. The molecule has 0 radical (unpaired) electrons. The Balaban J connectivity index is 1.78. The summed E-state index contributed by atoms with van der Waals surface area (Å²) in [6.45, 7) is 2.16. The molecule has 6 heteroatoms. The van der Waals surface area contributed by atoms with E-state index in [0.29, 0.717) is 17.5 Å². The first-order valence-corrected chi connectivity index (χ1v) is 7.82. The van der Waals surface area contributed by atoms with Crippen molar-refractivity contribution in [2.45, 2.75) is 12.8 Å². The number of thiocarbonyl (C=S) groups is 1. The third kappa shape index (κ3) is 4.54. The van der Waals surface area contributed by atoms with Crippen molar-refractivity contribution in [3.63, 3.8) is 0 Å². The largest absolute Gasteiger partial charge is 0.393 e. The summed E-state index contributed by atoms with van der Waals surface area (Å²) >= 11 is 8.38. The zero-order valence-corrected chi connectivity index (χ0v) is 13.5. The maximum Gasteiger partial charge on any atom is 0.238 e. The Kier molecular flexibility index (Phi) is 5.51. The second-order valence-corrected chi connectivity index (χ2v) is 6.39. The lowest BCUT2D eigenvalue weighted by Crippen LogP contribution is -2.41. The molecular formula is C14H18BrN3OS. The van der Waals surface area contributed by atoms with Crippen LogP contribution in [0.3, 0.4) is 0 Å². The lowest BCUT2D eigenvalue weighted by atomic mass is 9.97. The average molecular weight is 356 g/mol. The van der Waals surface area contributed by atoms with Crippen LogP contribution in [0.5, 0.6) is 0 Å². The summed E-state index contributed by atoms with van der Waals surface area (Å²) in [6, 6.07) is 7.56. The zero-order valence-electron chi connectivity index (χ0n) is 11.1. The number of nitrogens with two attached hydrogens (primary N) is 1. The van der Waals surface area contributed by atoms with Crippen LogP contribution in [0.25, 0.3) is 0 Å². The number of piperidine rings is 1. The van der Waals surface area contributed by atoms with E-state index in [0.717, 1.165) is 36.1 Å². The fraction of sp³-hybridized carbons (Fsp3) is 0.429. The van der Waals surface area contributed by atoms with Crippen molar-refractivity contribution in [1.82, 2.24) is 4.90 Å². The Bertz CT molecular complexity index is 484. The van der Waals surface area contributed by atoms with Crippen LogP contribution in [0.15, 0.2) is 28.7 Å². The number of likely N-dealkylation sites (tertiary alicyclic amines) is 1. The van der Waals surface area contributed by atoms with E-state index in [4.69, 9.17) is 18.0 Å². The highest BCUT2D eigenvalue weighted by molar-refractivity contribution is 9.10. The number of carbonyl (C=O) groups excluding carboxylic acids is 1. The third-order valence-corrected chi connectivity index (χ3v) is 4.35. The van der Waals surface area contributed by atoms with Crippen molar-refractivity contribution in [2.24, 2.45) is 11.7 Å². The minimum atomic E-state index is 0.0149. The molecule has 0 atom stereocenters. The van der Waals surface area contributed by atoms with Crippen LogP contribution < -0.4 is 11.1 Å². The van der Waals surface area contributed by atoms with Gasteiger partial charge in [-0.25, -0.2) is 0 Å². The molecule has 3 N–H and O–H groups in total. The van der Waals surface area contributed by atoms with E-state index in [1.54, 1.807) is 0 Å². The first-order chi connectivity index (χ1) is 9.54. The van der Waals surface area contributed by atoms with E-state index < -0.39 is 0 Å². The summed E-state index contributed by atoms with van der Waals surface area (Å²) in [5.41, 5.74) is 6.47. The van der Waals surface area contributed by atoms with Gasteiger partial charge in [-0.15, -0.1) is 0 Å². The predicted molar refractivity (Wildman–Crippen MR) is 88.7 cm³/mol. The van der Waals surface area contributed by atoms with Crippen LogP contribution in [0.2, 0.25) is 0 Å². The highest BCUT2D eigenvalue weighted by Crippen LogP contribution is 2.18. The van der Waals surface area contributed by atoms with Gasteiger partial charge in [0.05, 0.1) is 11.5 Å². The highest BCUT2D eigenvalue weighted by atomic mass is 79.9. The summed E-state index contributed by atoms with van der Waals surface area (Å²) in [6.07, 6.45) is 1.89. The fourth-order valence-electron chi connectivity index (χ4n) is 2.31. The molecule has 0 saturated carbocycles. The Morgan fingerprint density at radius 2 is 1.95 bits per heavy atom. The third-order valence-electron chi connectivity index (χ3n) is 3.49. The standard InChI is InChI=1S/C14H18BrN3OS/c15-11-1-3-12(4-2-11)17-13(19)9-18-7-5-10(6-8-18)14(16)20/h1-4,10H,5-9H2,(H2,16,20)(H,17,19). The Labute approximate surface area is 132 Å². The van der Waals surface area contributed by atoms with Crippen LogP contribution in [0, 0.1) is 5.92 Å². The molecule has 1 aromatic rings. The van der Waals surface area contributed by atoms with Gasteiger partial charge in [0.1, 0.15) is 0 Å². The number of amides is 1. The molecule has 108 valence electrons. The minimum Gasteiger partial charge on any atom is -0.393 e. The van der Waals surface area contributed by atoms with Gasteiger partial charge in [0.2, 0.25) is 5.91 Å². The minimum absolute atomic E-state index is 0.0149. The van der Waals surface area contributed by atoms with Crippen molar-refractivity contribution < 1.29 is 4.79 Å². The number of rotatable bonds is 4. The topological polar surface area (TPSA) is 58.4 Å². The van der Waals surface area contributed by atoms with Gasteiger partial charge < -0.3 is 11.1 Å². The molecule has 1 aromatic carbocycles. The molecule has 0 unspecified atom stereocenters. The molecule has 20 heavy (non-hydrogen) atoms. The fourth-order valence-corrected chi connectivity index (χ4v) is 2.81. The summed E-state index contributed by atoms with van der Waals surface area (Å²) in [5, 5.41) is 2.90. The summed E-state index contributed by atoms with van der Waals surface area (Å²) in [7, 11) is 0. The van der Waals surface area contributed by atoms with Crippen molar-refractivity contribution in [2.75, 3.05) is 25.0 Å². The van der Waals surface area contributed by atoms with Crippen LogP contribution in [0.1, 0.15) is 12.8 Å². The summed E-state index contributed by atoms with van der Waals surface area (Å²) in [4.78, 5) is 14.7. The molecular weight excluding hydrogens is 338 g/mol. The number of hydrogen-bond acceptors (Lipinski definition) is 3. The van der Waals surface area contributed by atoms with Gasteiger partial charge >= 0.3 is 0 Å². The smallest absolute Gasteiger partial charge is 0.238 e. The maximum atomic E-state index is 12.0. The SMILES string of the molecule is NC(=S)C1CCN(CC(=O)Nc2ccc(Br)cc2)CC1. The Morgan fingerprint density at radius 1 is 1.35 bits per heavy atom. The normalized spacial score (nSPS) is 16.9. The second kappa shape index (κ2) is 7.15. The first-order valence-electron chi connectivity index (χ1n) is 6.61. The molecule has 4 nitrogen and oxygen atoms in total. The number of nitrogens with zero attached hydrogens (tertiary/aromatic N) is 1. The van der Waals surface area contributed by atoms with Gasteiger partial charge in [-0.3, -0.25) is 9.69 Å². The lowest BCUT2D eigenvalue weighted by molar-refractivity contribution is -0.117. The van der Waals surface area contributed by atoms with E-state index in [2.05, 4.69) is 26.1 Å². The van der Waals surface area contributed by atoms with Gasteiger partial charge in [0, 0.05) is 16.1 Å². The maximum absolute atomic E-state index is 12.0. The van der Waals surface area contributed by atoms with E-state index >= 15 is 0 Å². The van der Waals surface area contributed by atoms with Crippen molar-refractivity contribution in [1.29, 1.82) is 0 Å². The molecule has 1 aliphatic heterocycles. The Hall–Kier alpha value is -0.980. The van der Waals surface area contributed by atoms with Gasteiger partial charge in [-0.05, 0) is 50.2 Å². The van der Waals surface area contributed by atoms with Crippen molar-refractivity contribution >= 4 is 44.7 Å². The highest BCUT2D eigenvalue weighted by Gasteiger charge is 2.22. The second-order valence-electron chi connectivity index (χ2n) is 5.01. The van der Waals surface area contributed by atoms with Crippen LogP contribution in [0.4, 0.5) is 5.69 Å². The molecule has 1 heterocycles. The number of benzene rings is 1. The molecule has 2 rings (SSSR count). The average Bonchev–Trinajstić information content (AvgIpc) is 2.42. The summed E-state index contributed by atoms with van der Waals surface area (Å²) in [5.74, 6) is 0.344. The Morgan fingerprint density at radius 3 is 2.50 bits per heavy atom. The zero-order chi connectivity index (χ0) is 14.5. The molecule has 0 spiro atoms. The number of halogens is 1.